The van der Waals surface area contributed by atoms with E-state index in [1.165, 1.54) is 32.1 Å². The molecule has 3 nitrogen and oxygen atoms in total. The SMILES string of the molecule is O=S1(=O)CC(O)C(SC2CCCCC2)C1. The Bertz CT molecular complexity index is 307. The van der Waals surface area contributed by atoms with Crippen molar-refractivity contribution >= 4 is 21.6 Å². The lowest BCUT2D eigenvalue weighted by atomic mass is 10.0. The third-order valence-corrected chi connectivity index (χ3v) is 6.81. The Morgan fingerprint density at radius 2 is 1.73 bits per heavy atom. The van der Waals surface area contributed by atoms with Crippen LogP contribution in [0.1, 0.15) is 32.1 Å². The van der Waals surface area contributed by atoms with Gasteiger partial charge in [0.05, 0.1) is 17.6 Å². The third-order valence-electron chi connectivity index (χ3n) is 3.19. The molecule has 2 atom stereocenters. The van der Waals surface area contributed by atoms with Crippen molar-refractivity contribution in [2.75, 3.05) is 11.5 Å². The number of thioether (sulfide) groups is 1. The van der Waals surface area contributed by atoms with E-state index in [0.29, 0.717) is 5.25 Å². The number of sulfone groups is 1. The average molecular weight is 250 g/mol. The topological polar surface area (TPSA) is 54.4 Å². The molecule has 0 aromatic carbocycles. The van der Waals surface area contributed by atoms with Gasteiger partial charge in [-0.1, -0.05) is 19.3 Å². The minimum Gasteiger partial charge on any atom is -0.391 e. The summed E-state index contributed by atoms with van der Waals surface area (Å²) in [5.41, 5.74) is 0. The molecule has 88 valence electrons. The molecule has 0 spiro atoms. The predicted octanol–water partition coefficient (Wildman–Crippen LogP) is 1.21. The first-order chi connectivity index (χ1) is 7.07. The molecule has 1 saturated carbocycles. The van der Waals surface area contributed by atoms with Gasteiger partial charge in [-0.25, -0.2) is 8.42 Å². The Morgan fingerprint density at radius 1 is 1.07 bits per heavy atom. The van der Waals surface area contributed by atoms with Crippen LogP contribution in [0.3, 0.4) is 0 Å². The zero-order chi connectivity index (χ0) is 10.9. The van der Waals surface area contributed by atoms with Crippen molar-refractivity contribution < 1.29 is 13.5 Å². The fourth-order valence-corrected chi connectivity index (χ4v) is 6.42. The van der Waals surface area contributed by atoms with Gasteiger partial charge in [-0.05, 0) is 12.8 Å². The van der Waals surface area contributed by atoms with E-state index in [2.05, 4.69) is 0 Å². The summed E-state index contributed by atoms with van der Waals surface area (Å²) in [5, 5.41) is 10.2. The number of hydrogen-bond donors (Lipinski definition) is 1. The maximum absolute atomic E-state index is 11.3. The molecule has 2 rings (SSSR count). The maximum atomic E-state index is 11.3. The van der Waals surface area contributed by atoms with E-state index in [0.717, 1.165) is 0 Å². The van der Waals surface area contributed by atoms with Crippen molar-refractivity contribution in [1.82, 2.24) is 0 Å². The molecule has 5 heteroatoms. The zero-order valence-electron chi connectivity index (χ0n) is 8.76. The Balaban J connectivity index is 1.89. The quantitative estimate of drug-likeness (QED) is 0.800. The van der Waals surface area contributed by atoms with Gasteiger partial charge in [-0.2, -0.15) is 11.8 Å². The highest BCUT2D eigenvalue weighted by molar-refractivity contribution is 8.02. The van der Waals surface area contributed by atoms with Crippen molar-refractivity contribution in [3.05, 3.63) is 0 Å². The standard InChI is InChI=1S/C10H18O3S2/c11-9-6-15(12,13)7-10(9)14-8-4-2-1-3-5-8/h8-11H,1-7H2. The van der Waals surface area contributed by atoms with Crippen LogP contribution in [0.4, 0.5) is 0 Å². The van der Waals surface area contributed by atoms with Crippen LogP contribution < -0.4 is 0 Å². The van der Waals surface area contributed by atoms with Gasteiger partial charge in [0.25, 0.3) is 0 Å². The Labute approximate surface area is 95.6 Å². The van der Waals surface area contributed by atoms with Gasteiger partial charge < -0.3 is 5.11 Å². The molecule has 1 aliphatic heterocycles. The van der Waals surface area contributed by atoms with Gasteiger partial charge in [0.15, 0.2) is 9.84 Å². The molecule has 2 unspecified atom stereocenters. The normalized spacial score (nSPS) is 36.9. The van der Waals surface area contributed by atoms with E-state index in [4.69, 9.17) is 0 Å². The van der Waals surface area contributed by atoms with Crippen LogP contribution in [0.5, 0.6) is 0 Å². The minimum absolute atomic E-state index is 0.0304. The van der Waals surface area contributed by atoms with Crippen LogP contribution in [0.15, 0.2) is 0 Å². The molecule has 1 aliphatic carbocycles. The minimum atomic E-state index is -2.97. The molecule has 2 fully saturated rings. The summed E-state index contributed by atoms with van der Waals surface area (Å²) in [4.78, 5) is 0. The van der Waals surface area contributed by atoms with Crippen LogP contribution in [0.25, 0.3) is 0 Å². The van der Waals surface area contributed by atoms with Gasteiger partial charge >= 0.3 is 0 Å². The summed E-state index contributed by atoms with van der Waals surface area (Å²) in [6, 6.07) is 0. The Kier molecular flexibility index (Phi) is 3.63. The lowest BCUT2D eigenvalue weighted by Gasteiger charge is -2.24. The molecule has 0 bridgehead atoms. The summed E-state index contributed by atoms with van der Waals surface area (Å²) in [7, 11) is -2.97. The second-order valence-electron chi connectivity index (χ2n) is 4.58. The van der Waals surface area contributed by atoms with Crippen molar-refractivity contribution in [3.63, 3.8) is 0 Å². The third kappa shape index (κ3) is 3.11. The Hall–Kier alpha value is 0.260. The maximum Gasteiger partial charge on any atom is 0.154 e. The van der Waals surface area contributed by atoms with E-state index in [-0.39, 0.29) is 16.8 Å². The largest absolute Gasteiger partial charge is 0.391 e. The monoisotopic (exact) mass is 250 g/mol. The van der Waals surface area contributed by atoms with E-state index in [1.807, 2.05) is 0 Å². The number of hydrogen-bond acceptors (Lipinski definition) is 4. The summed E-state index contributed by atoms with van der Waals surface area (Å²) >= 11 is 1.71. The van der Waals surface area contributed by atoms with Gasteiger partial charge in [-0.3, -0.25) is 0 Å². The summed E-state index contributed by atoms with van der Waals surface area (Å²) in [5.74, 6) is 0.146. The molecule has 2 aliphatic rings. The average Bonchev–Trinajstić information content (AvgIpc) is 2.41. The smallest absolute Gasteiger partial charge is 0.154 e. The highest BCUT2D eigenvalue weighted by Crippen LogP contribution is 2.35. The molecule has 0 amide bonds. The zero-order valence-corrected chi connectivity index (χ0v) is 10.4. The van der Waals surface area contributed by atoms with Crippen LogP contribution in [0.2, 0.25) is 0 Å². The molecular formula is C10H18O3S2. The summed E-state index contributed by atoms with van der Waals surface area (Å²) < 4.78 is 22.6. The first kappa shape index (κ1) is 11.7. The van der Waals surface area contributed by atoms with E-state index in [9.17, 15) is 13.5 Å². The molecular weight excluding hydrogens is 232 g/mol. The molecule has 0 aromatic heterocycles. The Morgan fingerprint density at radius 3 is 2.27 bits per heavy atom. The van der Waals surface area contributed by atoms with Crippen molar-refractivity contribution in [1.29, 1.82) is 0 Å². The summed E-state index contributed by atoms with van der Waals surface area (Å²) in [6.07, 6.45) is 5.56. The molecule has 1 heterocycles. The van der Waals surface area contributed by atoms with E-state index < -0.39 is 15.9 Å². The van der Waals surface area contributed by atoms with Crippen molar-refractivity contribution in [3.8, 4) is 0 Å². The second-order valence-corrected chi connectivity index (χ2v) is 8.28. The van der Waals surface area contributed by atoms with Crippen LogP contribution in [-0.4, -0.2) is 41.6 Å². The lowest BCUT2D eigenvalue weighted by Crippen LogP contribution is -2.24. The number of aliphatic hydroxyl groups excluding tert-OH is 1. The first-order valence-electron chi connectivity index (χ1n) is 5.61. The molecule has 1 N–H and O–H groups in total. The lowest BCUT2D eigenvalue weighted by molar-refractivity contribution is 0.207. The van der Waals surface area contributed by atoms with Crippen LogP contribution in [0, 0.1) is 0 Å². The van der Waals surface area contributed by atoms with Gasteiger partial charge in [-0.15, -0.1) is 0 Å². The van der Waals surface area contributed by atoms with Gasteiger partial charge in [0.1, 0.15) is 0 Å². The van der Waals surface area contributed by atoms with E-state index in [1.54, 1.807) is 11.8 Å². The molecule has 1 saturated heterocycles. The van der Waals surface area contributed by atoms with Crippen molar-refractivity contribution in [2.24, 2.45) is 0 Å². The fraction of sp³-hybridized carbons (Fsp3) is 1.00. The van der Waals surface area contributed by atoms with Crippen LogP contribution in [-0.2, 0) is 9.84 Å². The van der Waals surface area contributed by atoms with Crippen molar-refractivity contribution in [2.45, 2.75) is 48.7 Å². The van der Waals surface area contributed by atoms with Crippen LogP contribution >= 0.6 is 11.8 Å². The second kappa shape index (κ2) is 4.63. The van der Waals surface area contributed by atoms with Gasteiger partial charge in [0.2, 0.25) is 0 Å². The molecule has 0 radical (unpaired) electrons. The number of rotatable bonds is 2. The van der Waals surface area contributed by atoms with Gasteiger partial charge in [0, 0.05) is 10.5 Å². The number of aliphatic hydroxyl groups is 1. The first-order valence-corrected chi connectivity index (χ1v) is 8.37. The highest BCUT2D eigenvalue weighted by Gasteiger charge is 2.38. The van der Waals surface area contributed by atoms with E-state index >= 15 is 0 Å². The fourth-order valence-electron chi connectivity index (χ4n) is 2.38. The predicted molar refractivity (Wildman–Crippen MR) is 62.9 cm³/mol. The summed E-state index contributed by atoms with van der Waals surface area (Å²) in [6.45, 7) is 0. The highest BCUT2D eigenvalue weighted by atomic mass is 32.2. The molecule has 0 aromatic rings. The molecule has 15 heavy (non-hydrogen) atoms.